The van der Waals surface area contributed by atoms with Gasteiger partial charge in [-0.2, -0.15) is 0 Å². The Bertz CT molecular complexity index is 386. The van der Waals surface area contributed by atoms with Gasteiger partial charge in [0.2, 0.25) is 0 Å². The lowest BCUT2D eigenvalue weighted by Gasteiger charge is -2.40. The van der Waals surface area contributed by atoms with E-state index in [0.29, 0.717) is 32.5 Å². The lowest BCUT2D eigenvalue weighted by molar-refractivity contribution is -0.147. The molecule has 7 nitrogen and oxygen atoms in total. The van der Waals surface area contributed by atoms with Gasteiger partial charge in [-0.15, -0.1) is 0 Å². The number of ether oxygens (including phenoxy) is 1. The normalized spacial score (nSPS) is 24.9. The Labute approximate surface area is 125 Å². The number of amides is 2. The highest BCUT2D eigenvalue weighted by molar-refractivity contribution is 5.80. The van der Waals surface area contributed by atoms with Gasteiger partial charge in [0, 0.05) is 40.3 Å². The first-order valence-electron chi connectivity index (χ1n) is 7.51. The SMILES string of the molecule is CN(C)C(=O)N1CCC(NCC2CCCO2)(C(=O)O)CC1. The Balaban J connectivity index is 1.91. The Kier molecular flexibility index (Phi) is 5.05. The molecule has 1 atom stereocenters. The summed E-state index contributed by atoms with van der Waals surface area (Å²) in [5.41, 5.74) is -0.935. The first kappa shape index (κ1) is 16.0. The second kappa shape index (κ2) is 6.62. The number of carboxylic acids is 1. The Hall–Kier alpha value is -1.34. The molecule has 0 radical (unpaired) electrons. The number of aliphatic carboxylic acids is 1. The van der Waals surface area contributed by atoms with Gasteiger partial charge in [0.1, 0.15) is 5.54 Å². The number of carboxylic acid groups (broad SMARTS) is 1. The molecule has 120 valence electrons. The van der Waals surface area contributed by atoms with Crippen LogP contribution in [0.1, 0.15) is 25.7 Å². The minimum Gasteiger partial charge on any atom is -0.480 e. The van der Waals surface area contributed by atoms with Crippen molar-refractivity contribution in [2.75, 3.05) is 40.3 Å². The van der Waals surface area contributed by atoms with Crippen LogP contribution in [0.5, 0.6) is 0 Å². The largest absolute Gasteiger partial charge is 0.480 e. The van der Waals surface area contributed by atoms with Gasteiger partial charge < -0.3 is 19.6 Å². The van der Waals surface area contributed by atoms with Crippen molar-refractivity contribution in [2.24, 2.45) is 0 Å². The van der Waals surface area contributed by atoms with Gasteiger partial charge >= 0.3 is 12.0 Å². The van der Waals surface area contributed by atoms with Gasteiger partial charge in [-0.1, -0.05) is 0 Å². The molecule has 2 rings (SSSR count). The molecule has 2 fully saturated rings. The molecule has 2 aliphatic heterocycles. The Morgan fingerprint density at radius 1 is 1.38 bits per heavy atom. The molecule has 1 unspecified atom stereocenters. The molecule has 2 N–H and O–H groups in total. The Morgan fingerprint density at radius 2 is 2.05 bits per heavy atom. The van der Waals surface area contributed by atoms with Gasteiger partial charge in [0.15, 0.2) is 0 Å². The molecular formula is C14H25N3O4. The predicted molar refractivity (Wildman–Crippen MR) is 77.2 cm³/mol. The number of urea groups is 1. The van der Waals surface area contributed by atoms with E-state index in [2.05, 4.69) is 5.32 Å². The molecule has 0 saturated carbocycles. The van der Waals surface area contributed by atoms with Crippen molar-refractivity contribution in [3.05, 3.63) is 0 Å². The standard InChI is InChI=1S/C14H25N3O4/c1-16(2)13(20)17-7-5-14(6-8-17,12(18)19)15-10-11-4-3-9-21-11/h11,15H,3-10H2,1-2H3,(H,18,19). The van der Waals surface area contributed by atoms with E-state index in [4.69, 9.17) is 4.74 Å². The maximum absolute atomic E-state index is 11.9. The average Bonchev–Trinajstić information content (AvgIpc) is 2.98. The molecule has 2 heterocycles. The predicted octanol–water partition coefficient (Wildman–Crippen LogP) is 0.356. The lowest BCUT2D eigenvalue weighted by atomic mass is 9.87. The van der Waals surface area contributed by atoms with Crippen molar-refractivity contribution >= 4 is 12.0 Å². The molecule has 0 aromatic heterocycles. The summed E-state index contributed by atoms with van der Waals surface area (Å²) >= 11 is 0. The van der Waals surface area contributed by atoms with E-state index in [1.165, 1.54) is 4.90 Å². The smallest absolute Gasteiger partial charge is 0.324 e. The van der Waals surface area contributed by atoms with E-state index in [-0.39, 0.29) is 12.1 Å². The van der Waals surface area contributed by atoms with Crippen LogP contribution in [-0.4, -0.2) is 78.9 Å². The lowest BCUT2D eigenvalue weighted by Crippen LogP contribution is -2.61. The zero-order chi connectivity index (χ0) is 15.5. The van der Waals surface area contributed by atoms with Gasteiger partial charge in [0.05, 0.1) is 6.10 Å². The van der Waals surface area contributed by atoms with E-state index in [9.17, 15) is 14.7 Å². The fraction of sp³-hybridized carbons (Fsp3) is 0.857. The number of carbonyl (C=O) groups excluding carboxylic acids is 1. The van der Waals surface area contributed by atoms with Crippen LogP contribution < -0.4 is 5.32 Å². The summed E-state index contributed by atoms with van der Waals surface area (Å²) in [7, 11) is 3.41. The second-order valence-electron chi connectivity index (χ2n) is 6.07. The minimum absolute atomic E-state index is 0.0619. The molecule has 0 aliphatic carbocycles. The number of hydrogen-bond acceptors (Lipinski definition) is 4. The quantitative estimate of drug-likeness (QED) is 0.783. The van der Waals surface area contributed by atoms with E-state index < -0.39 is 11.5 Å². The van der Waals surface area contributed by atoms with Crippen LogP contribution in [-0.2, 0) is 9.53 Å². The number of likely N-dealkylation sites (tertiary alicyclic amines) is 1. The van der Waals surface area contributed by atoms with Crippen LogP contribution in [0.25, 0.3) is 0 Å². The van der Waals surface area contributed by atoms with E-state index in [1.807, 2.05) is 0 Å². The highest BCUT2D eigenvalue weighted by Gasteiger charge is 2.42. The van der Waals surface area contributed by atoms with Crippen LogP contribution in [0.3, 0.4) is 0 Å². The van der Waals surface area contributed by atoms with Crippen LogP contribution in [0.2, 0.25) is 0 Å². The third-order valence-corrected chi connectivity index (χ3v) is 4.37. The van der Waals surface area contributed by atoms with Gasteiger partial charge in [-0.05, 0) is 25.7 Å². The van der Waals surface area contributed by atoms with Crippen molar-refractivity contribution < 1.29 is 19.4 Å². The number of rotatable bonds is 4. The van der Waals surface area contributed by atoms with Crippen LogP contribution in [0.15, 0.2) is 0 Å². The van der Waals surface area contributed by atoms with E-state index >= 15 is 0 Å². The third-order valence-electron chi connectivity index (χ3n) is 4.37. The van der Waals surface area contributed by atoms with Crippen LogP contribution in [0, 0.1) is 0 Å². The number of carbonyl (C=O) groups is 2. The maximum Gasteiger partial charge on any atom is 0.324 e. The number of piperidine rings is 1. The molecule has 0 bridgehead atoms. The fourth-order valence-electron chi connectivity index (χ4n) is 2.94. The summed E-state index contributed by atoms with van der Waals surface area (Å²) < 4.78 is 5.53. The molecule has 7 heteroatoms. The zero-order valence-corrected chi connectivity index (χ0v) is 12.8. The molecule has 21 heavy (non-hydrogen) atoms. The van der Waals surface area contributed by atoms with E-state index in [1.54, 1.807) is 19.0 Å². The molecule has 2 amide bonds. The summed E-state index contributed by atoms with van der Waals surface area (Å²) in [6.45, 7) is 2.25. The van der Waals surface area contributed by atoms with E-state index in [0.717, 1.165) is 19.4 Å². The van der Waals surface area contributed by atoms with Gasteiger partial charge in [-0.25, -0.2) is 4.79 Å². The molecular weight excluding hydrogens is 274 g/mol. The summed E-state index contributed by atoms with van der Waals surface area (Å²) in [6.07, 6.45) is 2.98. The third kappa shape index (κ3) is 3.65. The average molecular weight is 299 g/mol. The van der Waals surface area contributed by atoms with Crippen LogP contribution >= 0.6 is 0 Å². The van der Waals surface area contributed by atoms with Crippen molar-refractivity contribution in [2.45, 2.75) is 37.3 Å². The highest BCUT2D eigenvalue weighted by atomic mass is 16.5. The summed E-state index contributed by atoms with van der Waals surface area (Å²) in [5.74, 6) is -0.836. The molecule has 0 spiro atoms. The molecule has 2 saturated heterocycles. The van der Waals surface area contributed by atoms with Crippen molar-refractivity contribution in [1.29, 1.82) is 0 Å². The van der Waals surface area contributed by atoms with Crippen molar-refractivity contribution in [1.82, 2.24) is 15.1 Å². The first-order valence-corrected chi connectivity index (χ1v) is 7.51. The maximum atomic E-state index is 11.9. The minimum atomic E-state index is -0.935. The zero-order valence-electron chi connectivity index (χ0n) is 12.8. The molecule has 0 aromatic rings. The van der Waals surface area contributed by atoms with Crippen molar-refractivity contribution in [3.63, 3.8) is 0 Å². The highest BCUT2D eigenvalue weighted by Crippen LogP contribution is 2.24. The molecule has 2 aliphatic rings. The first-order chi connectivity index (χ1) is 9.94. The monoisotopic (exact) mass is 299 g/mol. The topological polar surface area (TPSA) is 82.1 Å². The summed E-state index contributed by atoms with van der Waals surface area (Å²) in [5, 5.41) is 12.8. The summed E-state index contributed by atoms with van der Waals surface area (Å²) in [4.78, 5) is 26.8. The Morgan fingerprint density at radius 3 is 2.52 bits per heavy atom. The number of hydrogen-bond donors (Lipinski definition) is 2. The number of nitrogens with one attached hydrogen (secondary N) is 1. The summed E-state index contributed by atoms with van der Waals surface area (Å²) in [6, 6.07) is -0.0619. The van der Waals surface area contributed by atoms with Gasteiger partial charge in [-0.3, -0.25) is 10.1 Å². The van der Waals surface area contributed by atoms with Gasteiger partial charge in [0.25, 0.3) is 0 Å². The number of nitrogens with zero attached hydrogens (tertiary/aromatic N) is 2. The fourth-order valence-corrected chi connectivity index (χ4v) is 2.94. The van der Waals surface area contributed by atoms with Crippen molar-refractivity contribution in [3.8, 4) is 0 Å². The van der Waals surface area contributed by atoms with Crippen LogP contribution in [0.4, 0.5) is 4.79 Å². The molecule has 0 aromatic carbocycles. The second-order valence-corrected chi connectivity index (χ2v) is 6.07.